The van der Waals surface area contributed by atoms with Crippen molar-refractivity contribution in [3.8, 4) is 0 Å². The molecule has 2 saturated heterocycles. The summed E-state index contributed by atoms with van der Waals surface area (Å²) in [5.41, 5.74) is -1.42. The highest BCUT2D eigenvalue weighted by molar-refractivity contribution is 5.89. The van der Waals surface area contributed by atoms with E-state index in [4.69, 9.17) is 18.9 Å². The number of ether oxygens (including phenoxy) is 4. The van der Waals surface area contributed by atoms with E-state index in [0.29, 0.717) is 18.4 Å². The summed E-state index contributed by atoms with van der Waals surface area (Å²) in [6.45, 7) is 13.9. The third-order valence-corrected chi connectivity index (χ3v) is 11.7. The van der Waals surface area contributed by atoms with Crippen LogP contribution < -0.4 is 0 Å². The van der Waals surface area contributed by atoms with Gasteiger partial charge in [0.15, 0.2) is 17.5 Å². The quantitative estimate of drug-likeness (QED) is 0.342. The number of ketones is 1. The highest BCUT2D eigenvalue weighted by atomic mass is 16.6. The maximum atomic E-state index is 14.2. The lowest BCUT2D eigenvalue weighted by atomic mass is 9.57. The molecule has 5 rings (SSSR count). The van der Waals surface area contributed by atoms with E-state index in [2.05, 4.69) is 20.8 Å². The molecule has 4 fully saturated rings. The minimum absolute atomic E-state index is 0.0211. The molecule has 3 heterocycles. The van der Waals surface area contributed by atoms with E-state index in [0.717, 1.165) is 32.1 Å². The van der Waals surface area contributed by atoms with E-state index >= 15 is 0 Å². The van der Waals surface area contributed by atoms with Crippen LogP contribution in [0.4, 0.5) is 0 Å². The Morgan fingerprint density at radius 2 is 1.82 bits per heavy atom. The van der Waals surface area contributed by atoms with E-state index in [-0.39, 0.29) is 65.3 Å². The molecule has 0 aromatic rings. The average molecular weight is 559 g/mol. The molecule has 0 amide bonds. The first-order valence-corrected chi connectivity index (χ1v) is 15.1. The van der Waals surface area contributed by atoms with Gasteiger partial charge in [0.05, 0.1) is 18.4 Å². The number of cyclic esters (lactones) is 1. The van der Waals surface area contributed by atoms with E-state index in [1.54, 1.807) is 6.92 Å². The molecule has 3 aliphatic heterocycles. The van der Waals surface area contributed by atoms with Crippen molar-refractivity contribution in [2.45, 2.75) is 136 Å². The van der Waals surface area contributed by atoms with Crippen LogP contribution in [0.5, 0.6) is 0 Å². The monoisotopic (exact) mass is 558 g/mol. The van der Waals surface area contributed by atoms with Crippen molar-refractivity contribution in [1.82, 2.24) is 0 Å². The second kappa shape index (κ2) is 9.95. The van der Waals surface area contributed by atoms with Gasteiger partial charge in [-0.25, -0.2) is 4.79 Å². The molecule has 0 unspecified atom stereocenters. The lowest BCUT2D eigenvalue weighted by Gasteiger charge is -2.49. The average Bonchev–Trinajstić information content (AvgIpc) is 3.35. The zero-order valence-corrected chi connectivity index (χ0v) is 25.2. The molecule has 40 heavy (non-hydrogen) atoms. The van der Waals surface area contributed by atoms with E-state index in [9.17, 15) is 19.2 Å². The van der Waals surface area contributed by atoms with Gasteiger partial charge < -0.3 is 18.9 Å². The predicted octanol–water partition coefficient (Wildman–Crippen LogP) is 5.25. The van der Waals surface area contributed by atoms with E-state index < -0.39 is 29.4 Å². The summed E-state index contributed by atoms with van der Waals surface area (Å²) in [6, 6.07) is 0. The van der Waals surface area contributed by atoms with Crippen LogP contribution in [-0.2, 0) is 38.1 Å². The molecule has 0 radical (unpaired) electrons. The van der Waals surface area contributed by atoms with Gasteiger partial charge in [-0.1, -0.05) is 33.3 Å². The summed E-state index contributed by atoms with van der Waals surface area (Å²) in [5.74, 6) is -1.22. The Labute approximate surface area is 237 Å². The van der Waals surface area contributed by atoms with Crippen molar-refractivity contribution in [3.63, 3.8) is 0 Å². The Balaban J connectivity index is 1.52. The molecular weight excluding hydrogens is 512 g/mol. The van der Waals surface area contributed by atoms with Crippen molar-refractivity contribution in [1.29, 1.82) is 0 Å². The molecule has 9 atom stereocenters. The van der Waals surface area contributed by atoms with Gasteiger partial charge in [-0.05, 0) is 75.5 Å². The maximum Gasteiger partial charge on any atom is 0.333 e. The van der Waals surface area contributed by atoms with Crippen LogP contribution in [0.25, 0.3) is 0 Å². The molecule has 0 aromatic heterocycles. The van der Waals surface area contributed by atoms with Gasteiger partial charge in [0, 0.05) is 24.8 Å². The summed E-state index contributed by atoms with van der Waals surface area (Å²) in [4.78, 5) is 51.5. The lowest BCUT2D eigenvalue weighted by Crippen LogP contribution is -2.49. The van der Waals surface area contributed by atoms with Crippen LogP contribution >= 0.6 is 0 Å². The number of carbonyl (C=O) groups is 4. The molecule has 0 N–H and O–H groups in total. The third-order valence-electron chi connectivity index (χ3n) is 11.7. The molecule has 8 nitrogen and oxygen atoms in total. The molecule has 8 heteroatoms. The standard InChI is InChI=1S/C32H46O8/c1-18-10-11-23(38-28(18)36)19(2)21-12-14-30(6)13-8-9-25-29(4,5)39-26-15-27(35)40-32(25,26)16-22(34)24(37-20(3)33)17-31(21,30)7/h10,19,21,23-26H,8-9,11-17H2,1-7H3/t19-,21+,23+,24-,25-,26+,30+,31+,32+/m0/s1. The molecular formula is C32H46O8. The van der Waals surface area contributed by atoms with Gasteiger partial charge in [-0.2, -0.15) is 0 Å². The van der Waals surface area contributed by atoms with Crippen LogP contribution in [-0.4, -0.2) is 53.2 Å². The molecule has 2 aliphatic carbocycles. The minimum Gasteiger partial charge on any atom is -0.458 e. The molecule has 2 saturated carbocycles. The largest absolute Gasteiger partial charge is 0.458 e. The van der Waals surface area contributed by atoms with Gasteiger partial charge in [0.1, 0.15) is 12.2 Å². The second-order valence-corrected chi connectivity index (χ2v) is 14.3. The van der Waals surface area contributed by atoms with Crippen LogP contribution in [0.2, 0.25) is 0 Å². The van der Waals surface area contributed by atoms with E-state index in [1.807, 2.05) is 19.9 Å². The normalized spacial score (nSPS) is 43.8. The minimum atomic E-state index is -1.04. The van der Waals surface area contributed by atoms with Gasteiger partial charge in [0.2, 0.25) is 0 Å². The highest BCUT2D eigenvalue weighted by Crippen LogP contribution is 2.64. The molecule has 5 aliphatic rings. The fraction of sp³-hybridized carbons (Fsp3) is 0.812. The first kappa shape index (κ1) is 29.3. The number of hydrogen-bond acceptors (Lipinski definition) is 8. The Kier molecular flexibility index (Phi) is 7.29. The fourth-order valence-electron chi connectivity index (χ4n) is 9.28. The van der Waals surface area contributed by atoms with Crippen LogP contribution in [0, 0.1) is 28.6 Å². The highest BCUT2D eigenvalue weighted by Gasteiger charge is 2.67. The number of hydrogen-bond donors (Lipinski definition) is 0. The Hall–Kier alpha value is -2.22. The molecule has 0 bridgehead atoms. The summed E-state index contributed by atoms with van der Waals surface area (Å²) < 4.78 is 24.1. The van der Waals surface area contributed by atoms with Gasteiger partial charge in [-0.15, -0.1) is 0 Å². The van der Waals surface area contributed by atoms with Crippen molar-refractivity contribution in [2.75, 3.05) is 0 Å². The Morgan fingerprint density at radius 1 is 1.10 bits per heavy atom. The van der Waals surface area contributed by atoms with Crippen molar-refractivity contribution >= 4 is 23.7 Å². The van der Waals surface area contributed by atoms with Gasteiger partial charge in [-0.3, -0.25) is 14.4 Å². The van der Waals surface area contributed by atoms with Crippen LogP contribution in [0.3, 0.4) is 0 Å². The van der Waals surface area contributed by atoms with E-state index in [1.165, 1.54) is 6.92 Å². The summed E-state index contributed by atoms with van der Waals surface area (Å²) in [6.07, 6.45) is 6.01. The summed E-state index contributed by atoms with van der Waals surface area (Å²) in [7, 11) is 0. The zero-order chi connectivity index (χ0) is 29.3. The first-order chi connectivity index (χ1) is 18.6. The number of carbonyl (C=O) groups excluding carboxylic acids is 4. The Morgan fingerprint density at radius 3 is 2.50 bits per heavy atom. The SMILES string of the molecule is CC(=O)O[C@H]1C[C@]2(C)[C@@H]([C@H](C)[C@H]3CC=C(C)C(=O)O3)CC[C@@]2(C)CCC[C@H]2C(C)(C)O[C@@H]3CC(=O)O[C@@]32CC1=O. The predicted molar refractivity (Wildman–Crippen MR) is 146 cm³/mol. The molecule has 1 spiro atoms. The van der Waals surface area contributed by atoms with Gasteiger partial charge in [0.25, 0.3) is 0 Å². The number of esters is 3. The molecule has 222 valence electrons. The van der Waals surface area contributed by atoms with Crippen LogP contribution in [0.1, 0.15) is 106 Å². The van der Waals surface area contributed by atoms with Crippen molar-refractivity contribution in [3.05, 3.63) is 11.6 Å². The number of fused-ring (bicyclic) bond motifs is 1. The third kappa shape index (κ3) is 4.62. The number of Topliss-reactive ketones (excluding diaryl/α,β-unsaturated/α-hetero) is 1. The second-order valence-electron chi connectivity index (χ2n) is 14.3. The number of rotatable bonds is 3. The first-order valence-electron chi connectivity index (χ1n) is 15.1. The zero-order valence-electron chi connectivity index (χ0n) is 25.2. The maximum absolute atomic E-state index is 14.2. The summed E-state index contributed by atoms with van der Waals surface area (Å²) in [5, 5.41) is 0. The smallest absolute Gasteiger partial charge is 0.333 e. The fourth-order valence-corrected chi connectivity index (χ4v) is 9.28. The van der Waals surface area contributed by atoms with Crippen LogP contribution in [0.15, 0.2) is 11.6 Å². The Bertz CT molecular complexity index is 1120. The summed E-state index contributed by atoms with van der Waals surface area (Å²) >= 11 is 0. The van der Waals surface area contributed by atoms with Crippen molar-refractivity contribution in [2.24, 2.45) is 28.6 Å². The molecule has 0 aromatic carbocycles. The van der Waals surface area contributed by atoms with Gasteiger partial charge >= 0.3 is 17.9 Å². The lowest BCUT2D eigenvalue weighted by molar-refractivity contribution is -0.164. The topological polar surface area (TPSA) is 105 Å². The van der Waals surface area contributed by atoms with Crippen molar-refractivity contribution < 1.29 is 38.1 Å².